The van der Waals surface area contributed by atoms with Gasteiger partial charge in [0.25, 0.3) is 0 Å². The van der Waals surface area contributed by atoms with E-state index in [0.717, 1.165) is 25.7 Å². The maximum Gasteiger partial charge on any atom is 0.321 e. The number of rotatable bonds is 30. The van der Waals surface area contributed by atoms with Gasteiger partial charge in [-0.2, -0.15) is 0 Å². The first-order chi connectivity index (χ1) is 18.1. The fourth-order valence-corrected chi connectivity index (χ4v) is 4.84. The molecule has 2 N–H and O–H groups in total. The first-order valence-corrected chi connectivity index (χ1v) is 16.2. The summed E-state index contributed by atoms with van der Waals surface area (Å²) in [6, 6.07) is -0.845. The molecule has 1 atom stereocenters. The molecule has 0 saturated heterocycles. The Morgan fingerprint density at radius 3 is 1.30 bits per heavy atom. The van der Waals surface area contributed by atoms with E-state index in [1.165, 1.54) is 128 Å². The zero-order valence-corrected chi connectivity index (χ0v) is 24.8. The highest BCUT2D eigenvalue weighted by Gasteiger charge is 2.21. The molecule has 37 heavy (non-hydrogen) atoms. The van der Waals surface area contributed by atoms with Crippen molar-refractivity contribution in [3.05, 3.63) is 0 Å². The number of hydrogen-bond acceptors (Lipinski definition) is 4. The Kier molecular flexibility index (Phi) is 28.6. The number of esters is 1. The topological polar surface area (TPSA) is 75.6 Å². The number of unbranched alkanes of at least 4 members (excludes halogenated alkanes) is 22. The molecular formula is C32H63NO4. The second-order valence-electron chi connectivity index (χ2n) is 11.0. The van der Waals surface area contributed by atoms with Crippen LogP contribution >= 0.6 is 0 Å². The van der Waals surface area contributed by atoms with Crippen LogP contribution in [0.3, 0.4) is 0 Å². The minimum Gasteiger partial charge on any atom is -0.480 e. The molecule has 0 heterocycles. The molecule has 0 aliphatic rings. The monoisotopic (exact) mass is 525 g/mol. The average molecular weight is 526 g/mol. The van der Waals surface area contributed by atoms with Crippen molar-refractivity contribution < 1.29 is 19.4 Å². The maximum absolute atomic E-state index is 12.0. The van der Waals surface area contributed by atoms with Gasteiger partial charge in [-0.3, -0.25) is 9.59 Å². The van der Waals surface area contributed by atoms with E-state index in [9.17, 15) is 14.7 Å². The summed E-state index contributed by atoms with van der Waals surface area (Å²) < 4.78 is 5.27. The lowest BCUT2D eigenvalue weighted by molar-refractivity contribution is -0.149. The average Bonchev–Trinajstić information content (AvgIpc) is 2.88. The van der Waals surface area contributed by atoms with Gasteiger partial charge in [0.2, 0.25) is 0 Å². The minimum atomic E-state index is -0.971. The molecule has 0 aliphatic heterocycles. The zero-order valence-electron chi connectivity index (χ0n) is 24.8. The number of carboxylic acid groups (broad SMARTS) is 1. The summed E-state index contributed by atoms with van der Waals surface area (Å²) >= 11 is 0. The summed E-state index contributed by atoms with van der Waals surface area (Å²) in [5.74, 6) is -1.38. The fourth-order valence-electron chi connectivity index (χ4n) is 4.84. The quantitative estimate of drug-likeness (QED) is 0.0721. The lowest BCUT2D eigenvalue weighted by Crippen LogP contribution is -2.39. The number of carbonyl (C=O) groups excluding carboxylic acids is 1. The standard InChI is InChI=1S/C32H63NO4/c1-3-5-7-9-11-13-14-15-16-17-18-19-21-23-25-27-33-30(32(35)36)29-31(34)37-28-26-24-22-20-12-10-8-6-4-2/h30,33H,3-29H2,1-2H3,(H,35,36). The Morgan fingerprint density at radius 1 is 0.568 bits per heavy atom. The summed E-state index contributed by atoms with van der Waals surface area (Å²) in [5, 5.41) is 12.5. The number of aliphatic carboxylic acids is 1. The largest absolute Gasteiger partial charge is 0.480 e. The van der Waals surface area contributed by atoms with Gasteiger partial charge < -0.3 is 15.2 Å². The van der Waals surface area contributed by atoms with Crippen LogP contribution in [0, 0.1) is 0 Å². The van der Waals surface area contributed by atoms with E-state index in [2.05, 4.69) is 19.2 Å². The zero-order chi connectivity index (χ0) is 27.2. The van der Waals surface area contributed by atoms with E-state index in [0.29, 0.717) is 13.2 Å². The molecule has 0 aromatic rings. The van der Waals surface area contributed by atoms with Crippen LogP contribution in [0.15, 0.2) is 0 Å². The van der Waals surface area contributed by atoms with E-state index in [1.807, 2.05) is 0 Å². The molecule has 0 spiro atoms. The van der Waals surface area contributed by atoms with E-state index >= 15 is 0 Å². The van der Waals surface area contributed by atoms with Gasteiger partial charge in [-0.1, -0.05) is 155 Å². The normalized spacial score (nSPS) is 12.1. The summed E-state index contributed by atoms with van der Waals surface area (Å²) in [5.41, 5.74) is 0. The molecule has 0 amide bonds. The van der Waals surface area contributed by atoms with Gasteiger partial charge in [-0.15, -0.1) is 0 Å². The summed E-state index contributed by atoms with van der Waals surface area (Å²) in [6.45, 7) is 5.55. The number of carboxylic acids is 1. The van der Waals surface area contributed by atoms with Crippen LogP contribution < -0.4 is 5.32 Å². The van der Waals surface area contributed by atoms with Crippen molar-refractivity contribution >= 4 is 11.9 Å². The molecule has 0 radical (unpaired) electrons. The van der Waals surface area contributed by atoms with Crippen LogP contribution in [0.1, 0.15) is 174 Å². The Balaban J connectivity index is 3.53. The van der Waals surface area contributed by atoms with Crippen molar-refractivity contribution in [1.82, 2.24) is 5.32 Å². The molecule has 0 rings (SSSR count). The van der Waals surface area contributed by atoms with E-state index < -0.39 is 18.0 Å². The lowest BCUT2D eigenvalue weighted by atomic mass is 10.0. The van der Waals surface area contributed by atoms with Crippen molar-refractivity contribution in [2.24, 2.45) is 0 Å². The van der Waals surface area contributed by atoms with Gasteiger partial charge >= 0.3 is 11.9 Å². The molecule has 5 heteroatoms. The summed E-state index contributed by atoms with van der Waals surface area (Å²) in [4.78, 5) is 23.5. The Morgan fingerprint density at radius 2 is 0.919 bits per heavy atom. The SMILES string of the molecule is CCCCCCCCCCCCCCCCCNC(CC(=O)OCCCCCCCCCCC)C(=O)O. The molecular weight excluding hydrogens is 462 g/mol. The van der Waals surface area contributed by atoms with E-state index in [1.54, 1.807) is 0 Å². The van der Waals surface area contributed by atoms with E-state index in [4.69, 9.17) is 4.74 Å². The summed E-state index contributed by atoms with van der Waals surface area (Å²) in [6.07, 6.45) is 30.6. The predicted molar refractivity (Wildman–Crippen MR) is 157 cm³/mol. The highest BCUT2D eigenvalue weighted by atomic mass is 16.5. The third-order valence-electron chi connectivity index (χ3n) is 7.35. The van der Waals surface area contributed by atoms with Crippen LogP contribution in [0.4, 0.5) is 0 Å². The Labute approximate surface area is 230 Å². The fraction of sp³-hybridized carbons (Fsp3) is 0.938. The highest BCUT2D eigenvalue weighted by Crippen LogP contribution is 2.13. The van der Waals surface area contributed by atoms with Crippen LogP contribution in [0.5, 0.6) is 0 Å². The summed E-state index contributed by atoms with van der Waals surface area (Å²) in [7, 11) is 0. The molecule has 0 fully saturated rings. The predicted octanol–water partition coefficient (Wildman–Crippen LogP) is 9.36. The second kappa shape index (κ2) is 29.5. The van der Waals surface area contributed by atoms with Crippen LogP contribution in [0.2, 0.25) is 0 Å². The maximum atomic E-state index is 12.0. The number of hydrogen-bond donors (Lipinski definition) is 2. The van der Waals surface area contributed by atoms with Crippen molar-refractivity contribution in [3.63, 3.8) is 0 Å². The second-order valence-corrected chi connectivity index (χ2v) is 11.0. The first-order valence-electron chi connectivity index (χ1n) is 16.2. The highest BCUT2D eigenvalue weighted by molar-refractivity contribution is 5.81. The van der Waals surface area contributed by atoms with Crippen molar-refractivity contribution in [3.8, 4) is 0 Å². The molecule has 0 saturated carbocycles. The molecule has 1 unspecified atom stereocenters. The van der Waals surface area contributed by atoms with Gasteiger partial charge in [0, 0.05) is 0 Å². The molecule has 0 bridgehead atoms. The van der Waals surface area contributed by atoms with Crippen LogP contribution in [-0.4, -0.2) is 36.2 Å². The minimum absolute atomic E-state index is 0.0918. The Bertz CT molecular complexity index is 497. The molecule has 220 valence electrons. The molecule has 0 aromatic heterocycles. The third kappa shape index (κ3) is 27.7. The molecule has 5 nitrogen and oxygen atoms in total. The third-order valence-corrected chi connectivity index (χ3v) is 7.35. The van der Waals surface area contributed by atoms with Crippen molar-refractivity contribution in [1.29, 1.82) is 0 Å². The van der Waals surface area contributed by atoms with Crippen LogP contribution in [0.25, 0.3) is 0 Å². The smallest absolute Gasteiger partial charge is 0.321 e. The lowest BCUT2D eigenvalue weighted by Gasteiger charge is -2.14. The van der Waals surface area contributed by atoms with E-state index in [-0.39, 0.29) is 6.42 Å². The first kappa shape index (κ1) is 35.9. The van der Waals surface area contributed by atoms with Gasteiger partial charge in [0.15, 0.2) is 0 Å². The van der Waals surface area contributed by atoms with Gasteiger partial charge in [-0.05, 0) is 19.4 Å². The number of nitrogens with one attached hydrogen (secondary N) is 1. The van der Waals surface area contributed by atoms with Crippen molar-refractivity contribution in [2.75, 3.05) is 13.2 Å². The van der Waals surface area contributed by atoms with Crippen LogP contribution in [-0.2, 0) is 14.3 Å². The van der Waals surface area contributed by atoms with Crippen molar-refractivity contribution in [2.45, 2.75) is 180 Å². The Hall–Kier alpha value is -1.10. The van der Waals surface area contributed by atoms with Gasteiger partial charge in [0.1, 0.15) is 6.04 Å². The molecule has 0 aliphatic carbocycles. The number of carbonyl (C=O) groups is 2. The number of ether oxygens (including phenoxy) is 1. The molecule has 0 aromatic carbocycles. The van der Waals surface area contributed by atoms with Gasteiger partial charge in [0.05, 0.1) is 13.0 Å². The van der Waals surface area contributed by atoms with Gasteiger partial charge in [-0.25, -0.2) is 0 Å².